The van der Waals surface area contributed by atoms with Gasteiger partial charge in [0.15, 0.2) is 5.69 Å². The quantitative estimate of drug-likeness (QED) is 0.310. The number of carbonyl (C=O) groups is 2. The van der Waals surface area contributed by atoms with E-state index in [4.69, 9.17) is 11.6 Å². The highest BCUT2D eigenvalue weighted by atomic mass is 35.5. The average Bonchev–Trinajstić information content (AvgIpc) is 3.48. The van der Waals surface area contributed by atoms with Crippen LogP contribution in [0.15, 0.2) is 24.8 Å². The third kappa shape index (κ3) is 4.77. The van der Waals surface area contributed by atoms with Crippen molar-refractivity contribution in [2.24, 2.45) is 22.7 Å². The summed E-state index contributed by atoms with van der Waals surface area (Å²) >= 11 is 6.41. The second-order valence-electron chi connectivity index (χ2n) is 13.2. The van der Waals surface area contributed by atoms with E-state index in [1.165, 1.54) is 0 Å². The van der Waals surface area contributed by atoms with Crippen molar-refractivity contribution in [1.29, 1.82) is 0 Å². The number of rotatable bonds is 7. The monoisotopic (exact) mass is 605 g/mol. The molecule has 3 aromatic rings. The van der Waals surface area contributed by atoms with Gasteiger partial charge in [-0.2, -0.15) is 18.3 Å². The molecule has 3 atom stereocenters. The van der Waals surface area contributed by atoms with Crippen LogP contribution in [0, 0.1) is 22.7 Å². The molecule has 3 saturated carbocycles. The molecule has 3 aliphatic carbocycles. The van der Waals surface area contributed by atoms with Gasteiger partial charge in [0.05, 0.1) is 40.0 Å². The van der Waals surface area contributed by atoms with Gasteiger partial charge >= 0.3 is 12.1 Å². The Morgan fingerprint density at radius 1 is 1.14 bits per heavy atom. The Morgan fingerprint density at radius 3 is 2.43 bits per heavy atom. The van der Waals surface area contributed by atoms with Gasteiger partial charge in [0.1, 0.15) is 0 Å². The number of halogens is 4. The first-order chi connectivity index (χ1) is 19.7. The van der Waals surface area contributed by atoms with Crippen molar-refractivity contribution in [3.63, 3.8) is 0 Å². The van der Waals surface area contributed by atoms with E-state index in [1.54, 1.807) is 24.2 Å². The van der Waals surface area contributed by atoms with Crippen LogP contribution in [0.3, 0.4) is 0 Å². The summed E-state index contributed by atoms with van der Waals surface area (Å²) in [5.41, 5.74) is -0.659. The molecular formula is C30H35ClF3N5O3. The van der Waals surface area contributed by atoms with Crippen LogP contribution in [0.5, 0.6) is 0 Å². The van der Waals surface area contributed by atoms with Crippen molar-refractivity contribution in [2.75, 3.05) is 6.54 Å². The van der Waals surface area contributed by atoms with Crippen LogP contribution in [-0.2, 0) is 17.4 Å². The van der Waals surface area contributed by atoms with Gasteiger partial charge in [0.25, 0.3) is 5.91 Å². The molecule has 226 valence electrons. The molecule has 0 aromatic carbocycles. The van der Waals surface area contributed by atoms with E-state index in [9.17, 15) is 27.9 Å². The molecule has 0 radical (unpaired) electrons. The molecule has 2 N–H and O–H groups in total. The minimum Gasteiger partial charge on any atom is -0.481 e. The van der Waals surface area contributed by atoms with E-state index in [-0.39, 0.29) is 43.7 Å². The van der Waals surface area contributed by atoms with E-state index in [1.807, 2.05) is 6.20 Å². The number of hydrogen-bond acceptors (Lipinski definition) is 4. The Balaban J connectivity index is 1.30. The maximum atomic E-state index is 14.6. The van der Waals surface area contributed by atoms with Crippen LogP contribution in [0.25, 0.3) is 10.9 Å². The van der Waals surface area contributed by atoms with Crippen LogP contribution < -0.4 is 0 Å². The molecule has 1 amide bonds. The molecule has 42 heavy (non-hydrogen) atoms. The molecule has 0 bridgehead atoms. The van der Waals surface area contributed by atoms with Gasteiger partial charge in [-0.3, -0.25) is 19.3 Å². The van der Waals surface area contributed by atoms with Crippen molar-refractivity contribution in [2.45, 2.75) is 84.0 Å². The Kier molecular flexibility index (Phi) is 6.90. The molecule has 0 aliphatic heterocycles. The summed E-state index contributed by atoms with van der Waals surface area (Å²) < 4.78 is 44.8. The van der Waals surface area contributed by atoms with Gasteiger partial charge in [-0.05, 0) is 74.7 Å². The lowest BCUT2D eigenvalue weighted by atomic mass is 9.74. The lowest BCUT2D eigenvalue weighted by molar-refractivity contribution is -0.152. The molecule has 0 unspecified atom stereocenters. The lowest BCUT2D eigenvalue weighted by Gasteiger charge is -2.35. The Hall–Kier alpha value is -3.08. The number of amides is 1. The van der Waals surface area contributed by atoms with Crippen molar-refractivity contribution in [1.82, 2.24) is 24.6 Å². The normalized spacial score (nSPS) is 28.5. The maximum Gasteiger partial charge on any atom is 0.433 e. The molecule has 6 rings (SSSR count). The Bertz CT molecular complexity index is 1520. The first-order valence-corrected chi connectivity index (χ1v) is 14.9. The minimum absolute atomic E-state index is 0.168. The zero-order valence-electron chi connectivity index (χ0n) is 23.8. The van der Waals surface area contributed by atoms with Crippen molar-refractivity contribution in [3.05, 3.63) is 46.6 Å². The third-order valence-electron chi connectivity index (χ3n) is 10.5. The zero-order chi connectivity index (χ0) is 30.2. The number of hydrogen-bond donors (Lipinski definition) is 2. The number of H-pyrrole nitrogens is 1. The summed E-state index contributed by atoms with van der Waals surface area (Å²) in [6.45, 7) is 6.27. The molecule has 12 heteroatoms. The number of alkyl halides is 3. The molecule has 3 aliphatic rings. The fraction of sp³-hybridized carbons (Fsp3) is 0.600. The molecule has 0 saturated heterocycles. The van der Waals surface area contributed by atoms with Gasteiger partial charge in [-0.25, -0.2) is 0 Å². The number of aromatic amines is 1. The topological polar surface area (TPSA) is 104 Å². The predicted octanol–water partition coefficient (Wildman–Crippen LogP) is 6.76. The highest BCUT2D eigenvalue weighted by molar-refractivity contribution is 6.35. The highest BCUT2D eigenvalue weighted by Gasteiger charge is 2.63. The number of aliphatic carboxylic acids is 1. The maximum absolute atomic E-state index is 14.6. The summed E-state index contributed by atoms with van der Waals surface area (Å²) in [4.78, 5) is 34.6. The SMILES string of the molecule is CC1(C)[C@@H]2C[C@@H](N(CCc3c[nH]c4cncc(Cl)c34)C(=O)c3cnn([C@H]4CC[C@](C)(C(=O)O)CC4)c3C(F)(F)F)C[C@@H]21. The van der Waals surface area contributed by atoms with Crippen LogP contribution in [0.1, 0.15) is 87.0 Å². The molecular weight excluding hydrogens is 571 g/mol. The van der Waals surface area contributed by atoms with Gasteiger partial charge < -0.3 is 15.0 Å². The van der Waals surface area contributed by atoms with Crippen LogP contribution >= 0.6 is 11.6 Å². The van der Waals surface area contributed by atoms with Gasteiger partial charge in [0, 0.05) is 30.4 Å². The van der Waals surface area contributed by atoms with E-state index in [0.717, 1.165) is 40.2 Å². The van der Waals surface area contributed by atoms with Gasteiger partial charge in [-0.1, -0.05) is 25.4 Å². The van der Waals surface area contributed by atoms with E-state index in [0.29, 0.717) is 23.3 Å². The van der Waals surface area contributed by atoms with Crippen molar-refractivity contribution < 1.29 is 27.9 Å². The molecule has 3 heterocycles. The third-order valence-corrected chi connectivity index (χ3v) is 10.8. The summed E-state index contributed by atoms with van der Waals surface area (Å²) in [6.07, 6.45) is 4.14. The summed E-state index contributed by atoms with van der Waals surface area (Å²) in [5, 5.41) is 14.9. The standard InChI is InChI=1S/C30H35ClF3N5O3/c1-28(2)20-10-18(11-21(20)28)38(9-6-16-12-36-23-15-35-14-22(31)24(16)23)26(40)19-13-37-39(25(19)30(32,33)34)17-4-7-29(3,8-5-17)27(41)42/h12-15,17-18,20-21,36H,4-11H2,1-3H3,(H,41,42)/t17-,18-,20-,21+,29-. The van der Waals surface area contributed by atoms with Crippen LogP contribution in [0.4, 0.5) is 13.2 Å². The number of nitrogens with one attached hydrogen (secondary N) is 1. The number of pyridine rings is 1. The molecule has 3 fully saturated rings. The van der Waals surface area contributed by atoms with E-state index < -0.39 is 40.8 Å². The second-order valence-corrected chi connectivity index (χ2v) is 13.6. The summed E-state index contributed by atoms with van der Waals surface area (Å²) in [6, 6.07) is -0.802. The number of aromatic nitrogens is 4. The predicted molar refractivity (Wildman–Crippen MR) is 150 cm³/mol. The number of fused-ring (bicyclic) bond motifs is 2. The zero-order valence-corrected chi connectivity index (χ0v) is 24.6. The number of carboxylic acid groups (broad SMARTS) is 1. The van der Waals surface area contributed by atoms with E-state index in [2.05, 4.69) is 28.9 Å². The largest absolute Gasteiger partial charge is 0.481 e. The average molecular weight is 606 g/mol. The van der Waals surface area contributed by atoms with Crippen molar-refractivity contribution >= 4 is 34.4 Å². The Labute approximate surface area is 246 Å². The fourth-order valence-electron chi connectivity index (χ4n) is 7.66. The lowest BCUT2D eigenvalue weighted by Crippen LogP contribution is -2.42. The molecule has 0 spiro atoms. The smallest absolute Gasteiger partial charge is 0.433 e. The molecule has 3 aromatic heterocycles. The summed E-state index contributed by atoms with van der Waals surface area (Å²) in [7, 11) is 0. The number of nitrogens with zero attached hydrogens (tertiary/aromatic N) is 4. The second kappa shape index (κ2) is 9.99. The minimum atomic E-state index is -4.81. The van der Waals surface area contributed by atoms with Gasteiger partial charge in [-0.15, -0.1) is 0 Å². The first-order valence-electron chi connectivity index (χ1n) is 14.5. The van der Waals surface area contributed by atoms with Crippen LogP contribution in [0.2, 0.25) is 5.02 Å². The van der Waals surface area contributed by atoms with Gasteiger partial charge in [0.2, 0.25) is 0 Å². The summed E-state index contributed by atoms with van der Waals surface area (Å²) in [5.74, 6) is -0.727. The number of carboxylic acids is 1. The molecule has 8 nitrogen and oxygen atoms in total. The van der Waals surface area contributed by atoms with Crippen molar-refractivity contribution in [3.8, 4) is 0 Å². The number of carbonyl (C=O) groups excluding carboxylic acids is 1. The highest BCUT2D eigenvalue weighted by Crippen LogP contribution is 2.67. The van der Waals surface area contributed by atoms with E-state index >= 15 is 0 Å². The first kappa shape index (κ1) is 29.0. The van der Waals surface area contributed by atoms with Crippen LogP contribution in [-0.4, -0.2) is 54.2 Å². The Morgan fingerprint density at radius 2 is 1.81 bits per heavy atom. The fourth-order valence-corrected chi connectivity index (χ4v) is 7.94.